The maximum Gasteiger partial charge on any atom is 0.277 e. The van der Waals surface area contributed by atoms with Crippen molar-refractivity contribution in [3.05, 3.63) is 40.4 Å². The Morgan fingerprint density at radius 2 is 2.10 bits per heavy atom. The Bertz CT molecular complexity index is 563. The number of hydrogen-bond donors (Lipinski definition) is 4. The highest BCUT2D eigenvalue weighted by atomic mass is 35.5. The Balaban J connectivity index is 0.00000191. The second-order valence-electron chi connectivity index (χ2n) is 3.69. The van der Waals surface area contributed by atoms with E-state index in [-0.39, 0.29) is 5.02 Å². The van der Waals surface area contributed by atoms with Gasteiger partial charge in [0, 0.05) is 11.9 Å². The molecule has 1 rings (SSSR count). The Morgan fingerprint density at radius 1 is 1.48 bits per heavy atom. The molecule has 1 aromatic rings. The van der Waals surface area contributed by atoms with Gasteiger partial charge in [-0.1, -0.05) is 31.5 Å². The van der Waals surface area contributed by atoms with Gasteiger partial charge in [-0.2, -0.15) is 5.26 Å². The second-order valence-corrected chi connectivity index (χ2v) is 4.09. The van der Waals surface area contributed by atoms with E-state index < -0.39 is 12.5 Å². The zero-order chi connectivity index (χ0) is 16.5. The number of halogens is 1. The molecule has 0 saturated carbocycles. The first kappa shape index (κ1) is 19.1. The van der Waals surface area contributed by atoms with Gasteiger partial charge in [0.1, 0.15) is 6.07 Å². The molecule has 1 aromatic carbocycles. The topological polar surface area (TPSA) is 129 Å². The summed E-state index contributed by atoms with van der Waals surface area (Å²) in [6, 6.07) is 6.63. The fraction of sp³-hybridized carbons (Fsp3) is 0.286. The van der Waals surface area contributed by atoms with Crippen LogP contribution in [0.25, 0.3) is 5.70 Å². The van der Waals surface area contributed by atoms with Gasteiger partial charge in [-0.05, 0) is 23.8 Å². The first-order chi connectivity index (χ1) is 9.89. The molecule has 21 heavy (non-hydrogen) atoms. The third-order valence-electron chi connectivity index (χ3n) is 2.23. The molecule has 0 radical (unpaired) electrons. The molecule has 7 heteroatoms. The summed E-state index contributed by atoms with van der Waals surface area (Å²) in [5.74, 6) is -2.31. The van der Waals surface area contributed by atoms with Crippen LogP contribution < -0.4 is 11.5 Å². The summed E-state index contributed by atoms with van der Waals surface area (Å²) in [7, 11) is 0. The molecular weight excluding hydrogens is 292 g/mol. The number of rotatable bonds is 4. The molecule has 0 heterocycles. The molecule has 114 valence electrons. The van der Waals surface area contributed by atoms with Gasteiger partial charge in [0.2, 0.25) is 0 Å². The number of allylic oxidation sites excluding steroid dienone is 1. The predicted molar refractivity (Wildman–Crippen MR) is 84.4 cm³/mol. The normalized spacial score (nSPS) is 11.8. The van der Waals surface area contributed by atoms with E-state index in [1.54, 1.807) is 6.07 Å². The Morgan fingerprint density at radius 3 is 2.57 bits per heavy atom. The lowest BCUT2D eigenvalue weighted by Gasteiger charge is -2.12. The van der Waals surface area contributed by atoms with E-state index in [1.807, 2.05) is 19.9 Å². The zero-order valence-corrected chi connectivity index (χ0v) is 12.7. The van der Waals surface area contributed by atoms with Crippen molar-refractivity contribution >= 4 is 23.5 Å². The maximum absolute atomic E-state index is 9.12. The lowest BCUT2D eigenvalue weighted by atomic mass is 10.1. The summed E-state index contributed by atoms with van der Waals surface area (Å²) >= 11 is 5.87. The molecule has 0 unspecified atom stereocenters. The fourth-order valence-electron chi connectivity index (χ4n) is 1.17. The van der Waals surface area contributed by atoms with E-state index in [2.05, 4.69) is 4.99 Å². The third-order valence-corrected chi connectivity index (χ3v) is 2.54. The second kappa shape index (κ2) is 9.10. The van der Waals surface area contributed by atoms with Crippen LogP contribution >= 0.6 is 11.6 Å². The van der Waals surface area contributed by atoms with Crippen LogP contribution in [0.1, 0.15) is 25.0 Å². The van der Waals surface area contributed by atoms with Gasteiger partial charge in [0.05, 0.1) is 17.1 Å². The van der Waals surface area contributed by atoms with Crippen molar-refractivity contribution < 1.29 is 10.2 Å². The van der Waals surface area contributed by atoms with Crippen LogP contribution in [0.5, 0.6) is 0 Å². The molecule has 6 nitrogen and oxygen atoms in total. The monoisotopic (exact) mass is 310 g/mol. The van der Waals surface area contributed by atoms with Crippen molar-refractivity contribution in [1.29, 1.82) is 5.26 Å². The summed E-state index contributed by atoms with van der Waals surface area (Å²) in [6.07, 6.45) is 2.50. The first-order valence-electron chi connectivity index (χ1n) is 6.25. The number of nitrogens with zero attached hydrogens (tertiary/aromatic N) is 2. The van der Waals surface area contributed by atoms with Crippen molar-refractivity contribution in [2.45, 2.75) is 19.8 Å². The molecule has 0 aromatic heterocycles. The summed E-state index contributed by atoms with van der Waals surface area (Å²) in [6.45, 7) is 3.57. The average molecular weight is 311 g/mol. The molecule has 0 saturated heterocycles. The molecule has 0 aliphatic heterocycles. The van der Waals surface area contributed by atoms with Crippen molar-refractivity contribution in [2.24, 2.45) is 16.5 Å². The van der Waals surface area contributed by atoms with Crippen LogP contribution in [0.3, 0.4) is 0 Å². The first-order valence-corrected chi connectivity index (χ1v) is 6.63. The minimum atomic E-state index is -2.31. The van der Waals surface area contributed by atoms with Gasteiger partial charge >= 0.3 is 0 Å². The van der Waals surface area contributed by atoms with E-state index in [0.717, 1.165) is 6.21 Å². The summed E-state index contributed by atoms with van der Waals surface area (Å²) in [5, 5.41) is 27.3. The van der Waals surface area contributed by atoms with Gasteiger partial charge in [0.15, 0.2) is 0 Å². The highest BCUT2D eigenvalue weighted by Crippen LogP contribution is 2.19. The van der Waals surface area contributed by atoms with Crippen LogP contribution in [0.4, 0.5) is 0 Å². The molecule has 0 aliphatic carbocycles. The van der Waals surface area contributed by atoms with Crippen molar-refractivity contribution in [2.75, 3.05) is 6.54 Å². The largest absolute Gasteiger partial charge is 0.398 e. The number of benzene rings is 1. The Hall–Kier alpha value is -1.91. The lowest BCUT2D eigenvalue weighted by molar-refractivity contribution is -0.142. The summed E-state index contributed by atoms with van der Waals surface area (Å²) < 4.78 is 0. The molecule has 0 fully saturated rings. The van der Waals surface area contributed by atoms with Crippen LogP contribution in [0.2, 0.25) is 5.02 Å². The molecule has 6 N–H and O–H groups in total. The van der Waals surface area contributed by atoms with Crippen molar-refractivity contribution in [1.82, 2.24) is 0 Å². The molecular formula is C14H19ClN4O2. The third kappa shape index (κ3) is 6.38. The molecule has 0 bridgehead atoms. The van der Waals surface area contributed by atoms with E-state index >= 15 is 0 Å². The van der Waals surface area contributed by atoms with E-state index in [9.17, 15) is 0 Å². The minimum absolute atomic E-state index is 0.286. The van der Waals surface area contributed by atoms with Crippen LogP contribution in [0, 0.1) is 11.3 Å². The summed E-state index contributed by atoms with van der Waals surface area (Å²) in [4.78, 5) is 3.42. The smallest absolute Gasteiger partial charge is 0.277 e. The van der Waals surface area contributed by atoms with Crippen LogP contribution in [-0.2, 0) is 0 Å². The van der Waals surface area contributed by atoms with E-state index in [0.29, 0.717) is 16.8 Å². The molecule has 0 atom stereocenters. The zero-order valence-electron chi connectivity index (χ0n) is 11.9. The van der Waals surface area contributed by atoms with Crippen LogP contribution in [-0.4, -0.2) is 28.9 Å². The highest BCUT2D eigenvalue weighted by molar-refractivity contribution is 6.31. The lowest BCUT2D eigenvalue weighted by Crippen LogP contribution is -2.35. The van der Waals surface area contributed by atoms with Gasteiger partial charge < -0.3 is 21.7 Å². The maximum atomic E-state index is 9.12. The average Bonchev–Trinajstić information content (AvgIpc) is 2.49. The van der Waals surface area contributed by atoms with Crippen LogP contribution in [0.15, 0.2) is 29.3 Å². The van der Waals surface area contributed by atoms with E-state index in [4.69, 9.17) is 38.5 Å². The Kier molecular flexibility index (Phi) is 8.28. The van der Waals surface area contributed by atoms with Gasteiger partial charge in [-0.15, -0.1) is 0 Å². The fourth-order valence-corrected chi connectivity index (χ4v) is 1.39. The number of nitrogens with two attached hydrogens (primary N) is 2. The number of hydrogen-bond acceptors (Lipinski definition) is 6. The number of nitriles is 1. The van der Waals surface area contributed by atoms with Crippen molar-refractivity contribution in [3.63, 3.8) is 0 Å². The summed E-state index contributed by atoms with van der Waals surface area (Å²) in [5.41, 5.74) is 12.1. The SMILES string of the molecule is CC.N#Cc1ccc(/C(N)=C/C=N/C(O)(O)CN)cc1Cl. The Labute approximate surface area is 129 Å². The number of aliphatic hydroxyl groups is 2. The van der Waals surface area contributed by atoms with Gasteiger partial charge in [-0.25, -0.2) is 4.99 Å². The minimum Gasteiger partial charge on any atom is -0.398 e. The van der Waals surface area contributed by atoms with Gasteiger partial charge in [0.25, 0.3) is 5.91 Å². The van der Waals surface area contributed by atoms with Crippen molar-refractivity contribution in [3.8, 4) is 6.07 Å². The quantitative estimate of drug-likeness (QED) is 0.490. The predicted octanol–water partition coefficient (Wildman–Crippen LogP) is 1.21. The molecule has 0 aliphatic rings. The number of aliphatic imine (C=N–C) groups is 1. The van der Waals surface area contributed by atoms with E-state index in [1.165, 1.54) is 18.2 Å². The standard InChI is InChI=1S/C12H13ClN4O2.C2H6/c13-10-5-8(1-2-9(10)6-14)11(16)3-4-17-12(18,19)7-15;1-2/h1-5,18-19H,7,15-16H2;1-2H3/b11-3-,17-4+;. The molecule has 0 amide bonds. The van der Waals surface area contributed by atoms with Gasteiger partial charge in [-0.3, -0.25) is 0 Å². The molecule has 0 spiro atoms. The highest BCUT2D eigenvalue weighted by Gasteiger charge is 2.16.